The van der Waals surface area contributed by atoms with Crippen molar-refractivity contribution in [1.82, 2.24) is 0 Å². The predicted molar refractivity (Wildman–Crippen MR) is 74.3 cm³/mol. The Morgan fingerprint density at radius 2 is 1.72 bits per heavy atom. The van der Waals surface area contributed by atoms with Crippen LogP contribution in [0, 0.1) is 5.82 Å². The van der Waals surface area contributed by atoms with E-state index >= 15 is 0 Å². The predicted octanol–water partition coefficient (Wildman–Crippen LogP) is 4.73. The summed E-state index contributed by atoms with van der Waals surface area (Å²) >= 11 is 3.24. The second kappa shape index (κ2) is 6.01. The van der Waals surface area contributed by atoms with Crippen molar-refractivity contribution in [1.29, 1.82) is 0 Å². The first-order valence-corrected chi connectivity index (χ1v) is 6.63. The van der Waals surface area contributed by atoms with Gasteiger partial charge in [-0.2, -0.15) is 0 Å². The van der Waals surface area contributed by atoms with Gasteiger partial charge in [0.2, 0.25) is 0 Å². The topological polar surface area (TPSA) is 9.23 Å². The summed E-state index contributed by atoms with van der Waals surface area (Å²) in [6.07, 6.45) is 1.03. The van der Waals surface area contributed by atoms with Crippen LogP contribution in [-0.4, -0.2) is 0 Å². The molecule has 0 aliphatic carbocycles. The fourth-order valence-electron chi connectivity index (χ4n) is 1.65. The average molecular weight is 309 g/mol. The van der Waals surface area contributed by atoms with Crippen LogP contribution in [0.25, 0.3) is 0 Å². The van der Waals surface area contributed by atoms with E-state index in [4.69, 9.17) is 4.74 Å². The van der Waals surface area contributed by atoms with Gasteiger partial charge in [-0.15, -0.1) is 0 Å². The summed E-state index contributed by atoms with van der Waals surface area (Å²) in [6.45, 7) is 2.57. The van der Waals surface area contributed by atoms with E-state index in [0.717, 1.165) is 12.0 Å². The molecule has 0 aliphatic heterocycles. The molecule has 1 nitrogen and oxygen atoms in total. The molecule has 94 valence electrons. The molecule has 0 aromatic heterocycles. The number of aryl methyl sites for hydroxylation is 1. The quantitative estimate of drug-likeness (QED) is 0.793. The lowest BCUT2D eigenvalue weighted by Crippen LogP contribution is -1.96. The van der Waals surface area contributed by atoms with Gasteiger partial charge in [0.05, 0.1) is 0 Å². The van der Waals surface area contributed by atoms with E-state index < -0.39 is 0 Å². The summed E-state index contributed by atoms with van der Waals surface area (Å²) in [5.74, 6) is 0.224. The first-order valence-electron chi connectivity index (χ1n) is 5.84. The fraction of sp³-hybridized carbons (Fsp3) is 0.200. The van der Waals surface area contributed by atoms with Gasteiger partial charge in [0.25, 0.3) is 0 Å². The maximum Gasteiger partial charge on any atom is 0.128 e. The summed E-state index contributed by atoms with van der Waals surface area (Å²) in [4.78, 5) is 0. The smallest absolute Gasteiger partial charge is 0.128 e. The molecule has 2 aromatic carbocycles. The SMILES string of the molecule is CCc1ccc(COc2cc(F)cc(Br)c2)cc1. The van der Waals surface area contributed by atoms with Crippen molar-refractivity contribution in [3.8, 4) is 5.75 Å². The highest BCUT2D eigenvalue weighted by Crippen LogP contribution is 2.21. The lowest BCUT2D eigenvalue weighted by atomic mass is 10.1. The van der Waals surface area contributed by atoms with E-state index in [1.165, 1.54) is 17.7 Å². The molecule has 0 fully saturated rings. The second-order valence-corrected chi connectivity index (χ2v) is 4.98. The molecular weight excluding hydrogens is 295 g/mol. The second-order valence-electron chi connectivity index (χ2n) is 4.06. The molecular formula is C15H14BrFO. The van der Waals surface area contributed by atoms with Crippen molar-refractivity contribution in [3.05, 3.63) is 63.9 Å². The minimum atomic E-state index is -0.305. The van der Waals surface area contributed by atoms with Crippen molar-refractivity contribution < 1.29 is 9.13 Å². The highest BCUT2D eigenvalue weighted by molar-refractivity contribution is 9.10. The molecule has 0 aliphatic rings. The van der Waals surface area contributed by atoms with Crippen molar-refractivity contribution in [2.24, 2.45) is 0 Å². The normalized spacial score (nSPS) is 10.4. The lowest BCUT2D eigenvalue weighted by molar-refractivity contribution is 0.304. The number of rotatable bonds is 4. The number of halogens is 2. The monoisotopic (exact) mass is 308 g/mol. The van der Waals surface area contributed by atoms with Crippen molar-refractivity contribution in [3.63, 3.8) is 0 Å². The van der Waals surface area contributed by atoms with Crippen molar-refractivity contribution in [2.75, 3.05) is 0 Å². The van der Waals surface area contributed by atoms with E-state index in [-0.39, 0.29) is 5.82 Å². The molecule has 0 radical (unpaired) electrons. The molecule has 0 spiro atoms. The highest BCUT2D eigenvalue weighted by Gasteiger charge is 2.01. The van der Waals surface area contributed by atoms with E-state index in [0.29, 0.717) is 16.8 Å². The van der Waals surface area contributed by atoms with Crippen LogP contribution in [0.5, 0.6) is 5.75 Å². The molecule has 0 bridgehead atoms. The maximum atomic E-state index is 13.1. The van der Waals surface area contributed by atoms with Crippen molar-refractivity contribution in [2.45, 2.75) is 20.0 Å². The van der Waals surface area contributed by atoms with E-state index in [9.17, 15) is 4.39 Å². The van der Waals surface area contributed by atoms with Gasteiger partial charge in [0.15, 0.2) is 0 Å². The molecule has 0 atom stereocenters. The van der Waals surface area contributed by atoms with Crippen LogP contribution in [0.4, 0.5) is 4.39 Å². The van der Waals surface area contributed by atoms with Gasteiger partial charge < -0.3 is 4.74 Å². The van der Waals surface area contributed by atoms with Crippen LogP contribution >= 0.6 is 15.9 Å². The zero-order valence-electron chi connectivity index (χ0n) is 10.1. The van der Waals surface area contributed by atoms with Crippen LogP contribution in [0.2, 0.25) is 0 Å². The number of ether oxygens (including phenoxy) is 1. The maximum absolute atomic E-state index is 13.1. The standard InChI is InChI=1S/C15H14BrFO/c1-2-11-3-5-12(6-4-11)10-18-15-8-13(16)7-14(17)9-15/h3-9H,2,10H2,1H3. The molecule has 0 heterocycles. The Morgan fingerprint density at radius 1 is 1.06 bits per heavy atom. The minimum absolute atomic E-state index is 0.305. The average Bonchev–Trinajstić information content (AvgIpc) is 2.36. The third-order valence-electron chi connectivity index (χ3n) is 2.67. The third kappa shape index (κ3) is 3.57. The lowest BCUT2D eigenvalue weighted by Gasteiger charge is -2.07. The number of hydrogen-bond donors (Lipinski definition) is 0. The largest absolute Gasteiger partial charge is 0.489 e. The summed E-state index contributed by atoms with van der Waals surface area (Å²) in [6, 6.07) is 12.8. The van der Waals surface area contributed by atoms with Gasteiger partial charge in [-0.1, -0.05) is 47.1 Å². The van der Waals surface area contributed by atoms with Crippen LogP contribution in [-0.2, 0) is 13.0 Å². The Balaban J connectivity index is 2.01. The van der Waals surface area contributed by atoms with E-state index in [1.807, 2.05) is 12.1 Å². The zero-order valence-corrected chi connectivity index (χ0v) is 11.7. The zero-order chi connectivity index (χ0) is 13.0. The Bertz CT molecular complexity index is 502. The summed E-state index contributed by atoms with van der Waals surface area (Å²) < 4.78 is 19.4. The van der Waals surface area contributed by atoms with Gasteiger partial charge in [-0.3, -0.25) is 0 Å². The van der Waals surface area contributed by atoms with E-state index in [2.05, 4.69) is 35.0 Å². The van der Waals surface area contributed by atoms with Gasteiger partial charge >= 0.3 is 0 Å². The Labute approximate surface area is 115 Å². The van der Waals surface area contributed by atoms with Gasteiger partial charge in [-0.25, -0.2) is 4.39 Å². The highest BCUT2D eigenvalue weighted by atomic mass is 79.9. The Hall–Kier alpha value is -1.35. The Morgan fingerprint density at radius 3 is 2.33 bits per heavy atom. The van der Waals surface area contributed by atoms with Crippen LogP contribution in [0.15, 0.2) is 46.9 Å². The molecule has 0 amide bonds. The summed E-state index contributed by atoms with van der Waals surface area (Å²) in [5.41, 5.74) is 2.37. The van der Waals surface area contributed by atoms with Gasteiger partial charge in [0, 0.05) is 10.5 Å². The minimum Gasteiger partial charge on any atom is -0.489 e. The fourth-order valence-corrected chi connectivity index (χ4v) is 2.09. The number of benzene rings is 2. The summed E-state index contributed by atoms with van der Waals surface area (Å²) in [7, 11) is 0. The molecule has 0 N–H and O–H groups in total. The molecule has 0 saturated carbocycles. The molecule has 2 rings (SSSR count). The van der Waals surface area contributed by atoms with Gasteiger partial charge in [-0.05, 0) is 29.7 Å². The third-order valence-corrected chi connectivity index (χ3v) is 3.13. The van der Waals surface area contributed by atoms with Crippen LogP contribution in [0.3, 0.4) is 0 Å². The Kier molecular flexibility index (Phi) is 4.37. The molecule has 0 saturated heterocycles. The summed E-state index contributed by atoms with van der Waals surface area (Å²) in [5, 5.41) is 0. The molecule has 0 unspecified atom stereocenters. The van der Waals surface area contributed by atoms with Crippen molar-refractivity contribution >= 4 is 15.9 Å². The molecule has 3 heteroatoms. The first-order chi connectivity index (χ1) is 8.67. The first kappa shape index (κ1) is 13.1. The van der Waals surface area contributed by atoms with E-state index in [1.54, 1.807) is 6.07 Å². The van der Waals surface area contributed by atoms with Crippen LogP contribution in [0.1, 0.15) is 18.1 Å². The van der Waals surface area contributed by atoms with Gasteiger partial charge in [0.1, 0.15) is 18.2 Å². The molecule has 2 aromatic rings. The number of hydrogen-bond acceptors (Lipinski definition) is 1. The van der Waals surface area contributed by atoms with Crippen LogP contribution < -0.4 is 4.74 Å². The molecule has 18 heavy (non-hydrogen) atoms.